The van der Waals surface area contributed by atoms with Gasteiger partial charge >= 0.3 is 12.2 Å². The van der Waals surface area contributed by atoms with Crippen LogP contribution in [0.1, 0.15) is 75.1 Å². The summed E-state index contributed by atoms with van der Waals surface area (Å²) in [4.78, 5) is 25.7. The molecule has 0 spiro atoms. The summed E-state index contributed by atoms with van der Waals surface area (Å²) in [5, 5.41) is 26.8. The second kappa shape index (κ2) is 16.1. The molecule has 8 nitrogen and oxygen atoms in total. The summed E-state index contributed by atoms with van der Waals surface area (Å²) in [6, 6.07) is 21.2. The zero-order valence-corrected chi connectivity index (χ0v) is 34.3. The Bertz CT molecular complexity index is 1860. The van der Waals surface area contributed by atoms with E-state index in [9.17, 15) is 20.1 Å². The van der Waals surface area contributed by atoms with Crippen molar-refractivity contribution in [2.24, 2.45) is 22.7 Å². The molecule has 12 heteroatoms. The van der Waals surface area contributed by atoms with Crippen molar-refractivity contribution in [1.82, 2.24) is 10.6 Å². The fourth-order valence-corrected chi connectivity index (χ4v) is 15.2. The summed E-state index contributed by atoms with van der Waals surface area (Å²) in [6.07, 6.45) is 12.5. The van der Waals surface area contributed by atoms with Gasteiger partial charge in [-0.05, 0) is 65.2 Å². The van der Waals surface area contributed by atoms with Gasteiger partial charge in [0.25, 0.3) is 0 Å². The molecule has 8 atom stereocenters. The van der Waals surface area contributed by atoms with Gasteiger partial charge in [0.15, 0.2) is 8.16 Å². The summed E-state index contributed by atoms with van der Waals surface area (Å²) in [5.74, 6) is 2.16. The van der Waals surface area contributed by atoms with Crippen LogP contribution in [0.4, 0.5) is 9.59 Å². The molecular weight excluding hydrogens is 753 g/mol. The Hall–Kier alpha value is -3.16. The van der Waals surface area contributed by atoms with Gasteiger partial charge in [-0.2, -0.15) is 10.5 Å². The van der Waals surface area contributed by atoms with E-state index in [1.807, 2.05) is 36.4 Å². The number of ether oxygens (including phenoxy) is 2. The SMILES string of the molecule is CC1(C)CC(NC(=O)OCc2ccc(CSC3(C#N)SC4C=CC3C4)cc2)CC(C)(CNC(=O)OCc2ccc(CSC3(C#N)SC4C=CC3C4)cc2)C1. The van der Waals surface area contributed by atoms with Crippen LogP contribution >= 0.6 is 47.0 Å². The Morgan fingerprint density at radius 2 is 1.22 bits per heavy atom. The smallest absolute Gasteiger partial charge is 0.407 e. The maximum Gasteiger partial charge on any atom is 0.407 e. The molecular formula is C42H48N4O4S4. The van der Waals surface area contributed by atoms with Gasteiger partial charge in [-0.25, -0.2) is 9.59 Å². The van der Waals surface area contributed by atoms with Gasteiger partial charge in [0, 0.05) is 46.4 Å². The largest absolute Gasteiger partial charge is 0.445 e. The van der Waals surface area contributed by atoms with Crippen molar-refractivity contribution in [3.8, 4) is 12.1 Å². The number of nitriles is 2. The first-order chi connectivity index (χ1) is 25.9. The molecule has 4 bridgehead atoms. The third-order valence-corrected chi connectivity index (χ3v) is 17.8. The number of allylic oxidation sites excluding steroid dienone is 2. The van der Waals surface area contributed by atoms with E-state index in [1.165, 1.54) is 0 Å². The van der Waals surface area contributed by atoms with Crippen molar-refractivity contribution in [3.63, 3.8) is 0 Å². The van der Waals surface area contributed by atoms with E-state index in [2.05, 4.69) is 80.0 Å². The second-order valence-corrected chi connectivity index (χ2v) is 22.4. The Balaban J connectivity index is 0.818. The Labute approximate surface area is 336 Å². The predicted octanol–water partition coefficient (Wildman–Crippen LogP) is 9.71. The maximum atomic E-state index is 12.9. The van der Waals surface area contributed by atoms with Crippen LogP contribution in [0.15, 0.2) is 72.8 Å². The molecule has 284 valence electrons. The fraction of sp³-hybridized carbons (Fsp3) is 0.524. The number of hydrogen-bond donors (Lipinski definition) is 2. The second-order valence-electron chi connectivity index (χ2n) is 16.4. The van der Waals surface area contributed by atoms with Crippen LogP contribution in [0.2, 0.25) is 0 Å². The van der Waals surface area contributed by atoms with Gasteiger partial charge in [-0.3, -0.25) is 0 Å². The Morgan fingerprint density at radius 3 is 1.67 bits per heavy atom. The topological polar surface area (TPSA) is 124 Å². The molecule has 3 aliphatic carbocycles. The lowest BCUT2D eigenvalue weighted by molar-refractivity contribution is 0.0610. The lowest BCUT2D eigenvalue weighted by Gasteiger charge is -2.46. The van der Waals surface area contributed by atoms with Crippen molar-refractivity contribution in [2.75, 3.05) is 6.54 Å². The molecule has 54 heavy (non-hydrogen) atoms. The van der Waals surface area contributed by atoms with E-state index >= 15 is 0 Å². The number of fused-ring (bicyclic) bond motifs is 4. The lowest BCUT2D eigenvalue weighted by Crippen LogP contribution is -2.50. The summed E-state index contributed by atoms with van der Waals surface area (Å²) in [5.41, 5.74) is 3.83. The molecule has 2 saturated heterocycles. The normalized spacial score (nSPS) is 32.5. The molecule has 2 aromatic carbocycles. The molecule has 2 N–H and O–H groups in total. The standard InChI is InChI=1S/C42H48N4O4S4/c1-39(2)18-34(46-38(48)50-21-29-6-10-31(11-7-29)23-52-42(26-44)33-13-15-36(17-33)54-42)19-40(3,24-39)27-45-37(47)49-20-28-4-8-30(9-5-28)22-51-41(25-43)32-12-14-35(16-32)53-41/h4-15,32-36H,16-24,27H2,1-3H3,(H,45,47)(H,46,48). The molecule has 0 aromatic heterocycles. The Morgan fingerprint density at radius 1 is 0.741 bits per heavy atom. The molecule has 2 heterocycles. The molecule has 2 aromatic rings. The first kappa shape index (κ1) is 39.1. The van der Waals surface area contributed by atoms with Gasteiger partial charge in [-0.15, -0.1) is 47.0 Å². The third kappa shape index (κ3) is 9.10. The van der Waals surface area contributed by atoms with Crippen molar-refractivity contribution >= 4 is 59.2 Å². The number of amides is 2. The van der Waals surface area contributed by atoms with Gasteiger partial charge in [-0.1, -0.05) is 93.6 Å². The number of benzene rings is 2. The van der Waals surface area contributed by atoms with Crippen LogP contribution in [-0.2, 0) is 34.2 Å². The van der Waals surface area contributed by atoms with E-state index in [4.69, 9.17) is 9.47 Å². The quantitative estimate of drug-likeness (QED) is 0.189. The van der Waals surface area contributed by atoms with E-state index in [1.54, 1.807) is 47.0 Å². The minimum atomic E-state index is -0.462. The van der Waals surface area contributed by atoms with E-state index in [-0.39, 0.29) is 30.1 Å². The highest BCUT2D eigenvalue weighted by Crippen LogP contribution is 2.59. The summed E-state index contributed by atoms with van der Waals surface area (Å²) < 4.78 is 10.4. The predicted molar refractivity (Wildman–Crippen MR) is 220 cm³/mol. The van der Waals surface area contributed by atoms with Crippen molar-refractivity contribution < 1.29 is 19.1 Å². The number of nitrogens with zero attached hydrogens (tertiary/aromatic N) is 2. The summed E-state index contributed by atoms with van der Waals surface area (Å²) >= 11 is 7.00. The zero-order valence-electron chi connectivity index (χ0n) is 31.0. The highest BCUT2D eigenvalue weighted by Gasteiger charge is 2.51. The molecule has 1 saturated carbocycles. The molecule has 3 fully saturated rings. The lowest BCUT2D eigenvalue weighted by atomic mass is 9.62. The number of carbonyl (C=O) groups excluding carboxylic acids is 2. The number of hydrogen-bond acceptors (Lipinski definition) is 10. The monoisotopic (exact) mass is 800 g/mol. The minimum absolute atomic E-state index is 0.0407. The number of rotatable bonds is 13. The molecule has 5 aliphatic rings. The van der Waals surface area contributed by atoms with E-state index in [0.29, 0.717) is 35.3 Å². The highest BCUT2D eigenvalue weighted by molar-refractivity contribution is 8.19. The zero-order chi connectivity index (χ0) is 38.0. The molecule has 0 radical (unpaired) electrons. The summed E-state index contributed by atoms with van der Waals surface area (Å²) in [7, 11) is 0. The number of alkyl carbamates (subject to hydrolysis) is 2. The highest BCUT2D eigenvalue weighted by atomic mass is 32.2. The van der Waals surface area contributed by atoms with Crippen LogP contribution < -0.4 is 10.6 Å². The first-order valence-corrected chi connectivity index (χ1v) is 22.4. The summed E-state index contributed by atoms with van der Waals surface area (Å²) in [6.45, 7) is 7.33. The molecule has 2 amide bonds. The minimum Gasteiger partial charge on any atom is -0.445 e. The fourth-order valence-electron chi connectivity index (χ4n) is 8.82. The van der Waals surface area contributed by atoms with Gasteiger partial charge in [0.05, 0.1) is 12.1 Å². The number of thioether (sulfide) groups is 4. The van der Waals surface area contributed by atoms with Crippen LogP contribution in [0.25, 0.3) is 0 Å². The van der Waals surface area contributed by atoms with Crippen LogP contribution in [0, 0.1) is 45.3 Å². The Kier molecular flexibility index (Phi) is 11.7. The van der Waals surface area contributed by atoms with E-state index in [0.717, 1.165) is 59.4 Å². The molecule has 8 unspecified atom stereocenters. The van der Waals surface area contributed by atoms with Crippen LogP contribution in [0.3, 0.4) is 0 Å². The van der Waals surface area contributed by atoms with Gasteiger partial charge in [0.1, 0.15) is 13.2 Å². The average Bonchev–Trinajstić information content (AvgIpc) is 3.97. The van der Waals surface area contributed by atoms with Crippen LogP contribution in [-0.4, -0.2) is 43.4 Å². The third-order valence-electron chi connectivity index (χ3n) is 11.1. The van der Waals surface area contributed by atoms with Crippen molar-refractivity contribution in [2.45, 2.75) is 102 Å². The molecule has 7 rings (SSSR count). The van der Waals surface area contributed by atoms with Crippen molar-refractivity contribution in [1.29, 1.82) is 10.5 Å². The average molecular weight is 801 g/mol. The van der Waals surface area contributed by atoms with Crippen molar-refractivity contribution in [3.05, 3.63) is 95.1 Å². The maximum absolute atomic E-state index is 12.9. The van der Waals surface area contributed by atoms with Gasteiger partial charge in [0.2, 0.25) is 0 Å². The number of carbonyl (C=O) groups is 2. The number of nitrogens with one attached hydrogen (secondary N) is 2. The molecule has 2 aliphatic heterocycles. The van der Waals surface area contributed by atoms with Gasteiger partial charge < -0.3 is 20.1 Å². The van der Waals surface area contributed by atoms with E-state index < -0.39 is 20.3 Å². The first-order valence-electron chi connectivity index (χ1n) is 18.7. The van der Waals surface area contributed by atoms with Crippen LogP contribution in [0.5, 0.6) is 0 Å².